The zero-order chi connectivity index (χ0) is 19.4. The van der Waals surface area contributed by atoms with Crippen molar-refractivity contribution in [2.45, 2.75) is 97.1 Å². The van der Waals surface area contributed by atoms with Gasteiger partial charge in [0.15, 0.2) is 0 Å². The summed E-state index contributed by atoms with van der Waals surface area (Å²) in [5.74, 6) is -0.190. The predicted molar refractivity (Wildman–Crippen MR) is 104 cm³/mol. The van der Waals surface area contributed by atoms with Crippen molar-refractivity contribution in [1.29, 1.82) is 0 Å². The van der Waals surface area contributed by atoms with Crippen LogP contribution in [-0.2, 0) is 14.3 Å². The van der Waals surface area contributed by atoms with Crippen LogP contribution in [0.2, 0.25) is 0 Å². The maximum atomic E-state index is 12.7. The average Bonchev–Trinajstić information content (AvgIpc) is 2.54. The van der Waals surface area contributed by atoms with Crippen molar-refractivity contribution in [3.63, 3.8) is 0 Å². The summed E-state index contributed by atoms with van der Waals surface area (Å²) in [4.78, 5) is 26.4. The van der Waals surface area contributed by atoms with Crippen molar-refractivity contribution in [3.05, 3.63) is 12.2 Å². The van der Waals surface area contributed by atoms with Gasteiger partial charge in [-0.15, -0.1) is 0 Å². The largest absolute Gasteiger partial charge is 0.464 e. The van der Waals surface area contributed by atoms with E-state index in [0.29, 0.717) is 13.0 Å². The first kappa shape index (κ1) is 22.5. The van der Waals surface area contributed by atoms with Gasteiger partial charge in [-0.25, -0.2) is 4.79 Å². The highest BCUT2D eigenvalue weighted by Crippen LogP contribution is 2.19. The molecule has 0 aromatic carbocycles. The monoisotopic (exact) mass is 367 g/mol. The average molecular weight is 368 g/mol. The molecule has 0 saturated carbocycles. The van der Waals surface area contributed by atoms with Crippen LogP contribution in [0.4, 0.5) is 4.79 Å². The molecule has 0 aliphatic carbocycles. The van der Waals surface area contributed by atoms with E-state index in [1.54, 1.807) is 4.90 Å². The van der Waals surface area contributed by atoms with Crippen molar-refractivity contribution < 1.29 is 19.1 Å². The molecule has 1 atom stereocenters. The first-order chi connectivity index (χ1) is 12.3. The van der Waals surface area contributed by atoms with Crippen molar-refractivity contribution in [2.75, 3.05) is 13.2 Å². The van der Waals surface area contributed by atoms with Gasteiger partial charge in [0.1, 0.15) is 12.2 Å². The van der Waals surface area contributed by atoms with E-state index in [0.717, 1.165) is 51.4 Å². The summed E-state index contributed by atoms with van der Waals surface area (Å²) in [5, 5.41) is 0. The van der Waals surface area contributed by atoms with E-state index >= 15 is 0 Å². The Balaban J connectivity index is 2.83. The lowest BCUT2D eigenvalue weighted by Crippen LogP contribution is -2.45. The fourth-order valence-corrected chi connectivity index (χ4v) is 3.10. The third kappa shape index (κ3) is 9.83. The summed E-state index contributed by atoms with van der Waals surface area (Å²) in [5.41, 5.74) is -0.535. The van der Waals surface area contributed by atoms with Crippen LogP contribution in [0, 0.1) is 0 Å². The number of allylic oxidation sites excluding steroid dienone is 2. The zero-order valence-corrected chi connectivity index (χ0v) is 17.1. The van der Waals surface area contributed by atoms with Crippen molar-refractivity contribution in [1.82, 2.24) is 4.90 Å². The summed E-state index contributed by atoms with van der Waals surface area (Å²) in [6.07, 6.45) is 12.3. The van der Waals surface area contributed by atoms with E-state index in [2.05, 4.69) is 19.1 Å². The standard InChI is InChI=1S/C21H37NO4/c1-5-13-18-14-11-9-7-6-8-10-12-15-19(23)25-17-16-22(18)20(24)26-21(2,3)4/h6,8,18H,5,7,9-17H2,1-4H3/b8-6+. The minimum atomic E-state index is -0.535. The minimum absolute atomic E-state index is 0.127. The molecule has 1 amide bonds. The third-order valence-corrected chi connectivity index (χ3v) is 4.36. The highest BCUT2D eigenvalue weighted by atomic mass is 16.6. The topological polar surface area (TPSA) is 55.8 Å². The molecule has 1 unspecified atom stereocenters. The Morgan fingerprint density at radius 1 is 1.23 bits per heavy atom. The van der Waals surface area contributed by atoms with E-state index in [-0.39, 0.29) is 24.7 Å². The molecule has 0 aromatic rings. The van der Waals surface area contributed by atoms with Crippen LogP contribution in [0.3, 0.4) is 0 Å². The fraction of sp³-hybridized carbons (Fsp3) is 0.810. The maximum Gasteiger partial charge on any atom is 0.410 e. The molecule has 0 bridgehead atoms. The molecule has 0 aromatic heterocycles. The second-order valence-corrected chi connectivity index (χ2v) is 7.98. The number of carbonyl (C=O) groups excluding carboxylic acids is 2. The number of amides is 1. The van der Waals surface area contributed by atoms with Gasteiger partial charge in [0.2, 0.25) is 0 Å². The van der Waals surface area contributed by atoms with Crippen molar-refractivity contribution in [2.24, 2.45) is 0 Å². The highest BCUT2D eigenvalue weighted by molar-refractivity contribution is 5.70. The summed E-state index contributed by atoms with van der Waals surface area (Å²) in [6.45, 7) is 8.38. The van der Waals surface area contributed by atoms with Crippen LogP contribution in [-0.4, -0.2) is 41.8 Å². The van der Waals surface area contributed by atoms with Gasteiger partial charge in [0, 0.05) is 12.5 Å². The Labute approximate surface area is 159 Å². The molecule has 0 saturated heterocycles. The lowest BCUT2D eigenvalue weighted by Gasteiger charge is -2.33. The summed E-state index contributed by atoms with van der Waals surface area (Å²) >= 11 is 0. The van der Waals surface area contributed by atoms with Crippen molar-refractivity contribution >= 4 is 12.1 Å². The van der Waals surface area contributed by atoms with Gasteiger partial charge < -0.3 is 14.4 Å². The van der Waals surface area contributed by atoms with Crippen LogP contribution >= 0.6 is 0 Å². The predicted octanol–water partition coefficient (Wildman–Crippen LogP) is 5.24. The van der Waals surface area contributed by atoms with Crippen LogP contribution in [0.1, 0.15) is 85.5 Å². The molecule has 5 heteroatoms. The molecule has 26 heavy (non-hydrogen) atoms. The molecule has 1 heterocycles. The summed E-state index contributed by atoms with van der Waals surface area (Å²) < 4.78 is 10.9. The molecule has 0 spiro atoms. The maximum absolute atomic E-state index is 12.7. The SMILES string of the molecule is CCCC1CCCC/C=C/CCCC(=O)OCCN1C(=O)OC(C)(C)C. The normalized spacial score (nSPS) is 22.7. The summed E-state index contributed by atoms with van der Waals surface area (Å²) in [6, 6.07) is 0.127. The molecule has 1 aliphatic rings. The number of esters is 1. The summed E-state index contributed by atoms with van der Waals surface area (Å²) in [7, 11) is 0. The molecule has 0 radical (unpaired) electrons. The molecular formula is C21H37NO4. The zero-order valence-electron chi connectivity index (χ0n) is 17.1. The number of nitrogens with zero attached hydrogens (tertiary/aromatic N) is 1. The lowest BCUT2D eigenvalue weighted by molar-refractivity contribution is -0.144. The number of ether oxygens (including phenoxy) is 2. The Kier molecular flexibility index (Phi) is 10.4. The quantitative estimate of drug-likeness (QED) is 0.495. The first-order valence-corrected chi connectivity index (χ1v) is 10.1. The molecule has 1 aliphatic heterocycles. The fourth-order valence-electron chi connectivity index (χ4n) is 3.10. The van der Waals surface area contributed by atoms with E-state index in [4.69, 9.17) is 9.47 Å². The second kappa shape index (κ2) is 12.0. The van der Waals surface area contributed by atoms with Gasteiger partial charge in [-0.05, 0) is 59.3 Å². The Morgan fingerprint density at radius 3 is 2.58 bits per heavy atom. The van der Waals surface area contributed by atoms with Crippen molar-refractivity contribution in [3.8, 4) is 0 Å². The first-order valence-electron chi connectivity index (χ1n) is 10.1. The minimum Gasteiger partial charge on any atom is -0.464 e. The molecule has 0 N–H and O–H groups in total. The molecule has 5 nitrogen and oxygen atoms in total. The van der Waals surface area contributed by atoms with E-state index in [1.165, 1.54) is 0 Å². The molecular weight excluding hydrogens is 330 g/mol. The Morgan fingerprint density at radius 2 is 1.92 bits per heavy atom. The second-order valence-electron chi connectivity index (χ2n) is 7.98. The molecule has 150 valence electrons. The van der Waals surface area contributed by atoms with E-state index in [1.807, 2.05) is 20.8 Å². The van der Waals surface area contributed by atoms with Crippen LogP contribution in [0.25, 0.3) is 0 Å². The van der Waals surface area contributed by atoms with Crippen LogP contribution in [0.15, 0.2) is 12.2 Å². The van der Waals surface area contributed by atoms with E-state index in [9.17, 15) is 9.59 Å². The Bertz CT molecular complexity index is 453. The smallest absolute Gasteiger partial charge is 0.410 e. The van der Waals surface area contributed by atoms with Gasteiger partial charge in [0.25, 0.3) is 0 Å². The van der Waals surface area contributed by atoms with Crippen LogP contribution < -0.4 is 0 Å². The number of carbonyl (C=O) groups is 2. The number of hydrogen-bond acceptors (Lipinski definition) is 4. The number of cyclic esters (lactones) is 1. The third-order valence-electron chi connectivity index (χ3n) is 4.36. The van der Waals surface area contributed by atoms with Gasteiger partial charge in [-0.2, -0.15) is 0 Å². The Hall–Kier alpha value is -1.52. The van der Waals surface area contributed by atoms with Gasteiger partial charge in [-0.3, -0.25) is 4.79 Å². The molecule has 0 fully saturated rings. The van der Waals surface area contributed by atoms with Gasteiger partial charge >= 0.3 is 12.1 Å². The molecule has 1 rings (SSSR count). The number of rotatable bonds is 2. The van der Waals surface area contributed by atoms with Gasteiger partial charge in [0.05, 0.1) is 6.54 Å². The highest BCUT2D eigenvalue weighted by Gasteiger charge is 2.27. The van der Waals surface area contributed by atoms with Crippen LogP contribution in [0.5, 0.6) is 0 Å². The number of hydrogen-bond donors (Lipinski definition) is 0. The van der Waals surface area contributed by atoms with E-state index < -0.39 is 5.60 Å². The lowest BCUT2D eigenvalue weighted by atomic mass is 10.0. The van der Waals surface area contributed by atoms with Gasteiger partial charge in [-0.1, -0.05) is 31.9 Å².